The number of benzene rings is 1. The van der Waals surface area contributed by atoms with Crippen LogP contribution in [0.1, 0.15) is 6.42 Å². The van der Waals surface area contributed by atoms with E-state index in [0.29, 0.717) is 0 Å². The van der Waals surface area contributed by atoms with Crippen LogP contribution in [-0.2, 0) is 0 Å². The predicted octanol–water partition coefficient (Wildman–Crippen LogP) is 2.98. The van der Waals surface area contributed by atoms with Gasteiger partial charge in [0.1, 0.15) is 0 Å². The molecule has 1 saturated heterocycles. The molecule has 0 amide bonds. The van der Waals surface area contributed by atoms with Gasteiger partial charge in [-0.15, -0.1) is 0 Å². The Hall–Kier alpha value is -1.42. The lowest BCUT2D eigenvalue weighted by Crippen LogP contribution is -2.13. The molecule has 2 heterocycles. The fourth-order valence-corrected chi connectivity index (χ4v) is 3.65. The summed E-state index contributed by atoms with van der Waals surface area (Å²) in [7, 11) is 0. The quantitative estimate of drug-likeness (QED) is 0.832. The molecule has 1 fully saturated rings. The van der Waals surface area contributed by atoms with Crippen molar-refractivity contribution in [3.8, 4) is 0 Å². The molecule has 18 heavy (non-hydrogen) atoms. The monoisotopic (exact) mass is 259 g/mol. The maximum atomic E-state index is 5.97. The number of fused-ring (bicyclic) bond motifs is 1. The summed E-state index contributed by atoms with van der Waals surface area (Å²) in [6.07, 6.45) is 4.98. The Labute approximate surface area is 111 Å². The van der Waals surface area contributed by atoms with E-state index in [0.717, 1.165) is 28.9 Å². The number of hydrogen-bond acceptors (Lipinski definition) is 4. The number of nitrogen functional groups attached to an aromatic ring is 1. The number of nitrogens with two attached hydrogens (primary N) is 1. The molecule has 1 aromatic carbocycles. The van der Waals surface area contributed by atoms with Crippen LogP contribution in [0.5, 0.6) is 0 Å². The molecule has 0 spiro atoms. The Kier molecular flexibility index (Phi) is 3.28. The summed E-state index contributed by atoms with van der Waals surface area (Å²) in [6.45, 7) is 1.05. The first-order valence-electron chi connectivity index (χ1n) is 6.28. The van der Waals surface area contributed by atoms with Gasteiger partial charge in [-0.05, 0) is 42.0 Å². The first-order valence-corrected chi connectivity index (χ1v) is 7.44. The fraction of sp³-hybridized carbons (Fsp3) is 0.357. The summed E-state index contributed by atoms with van der Waals surface area (Å²) >= 11 is 2.05. The molecule has 0 radical (unpaired) electrons. The van der Waals surface area contributed by atoms with Crippen molar-refractivity contribution >= 4 is 33.9 Å². The van der Waals surface area contributed by atoms with Crippen LogP contribution in [0.15, 0.2) is 30.6 Å². The number of thioether (sulfide) groups is 1. The van der Waals surface area contributed by atoms with Gasteiger partial charge in [0, 0.05) is 41.1 Å². The van der Waals surface area contributed by atoms with Gasteiger partial charge in [-0.1, -0.05) is 0 Å². The van der Waals surface area contributed by atoms with Crippen LogP contribution in [-0.4, -0.2) is 23.0 Å². The van der Waals surface area contributed by atoms with Crippen molar-refractivity contribution in [3.63, 3.8) is 0 Å². The molecule has 2 aromatic rings. The summed E-state index contributed by atoms with van der Waals surface area (Å²) < 4.78 is 0. The van der Waals surface area contributed by atoms with Crippen molar-refractivity contribution in [2.24, 2.45) is 5.92 Å². The Morgan fingerprint density at radius 3 is 3.11 bits per heavy atom. The van der Waals surface area contributed by atoms with Crippen molar-refractivity contribution in [1.82, 2.24) is 4.98 Å². The second-order valence-electron chi connectivity index (χ2n) is 4.73. The molecule has 1 atom stereocenters. The maximum Gasteiger partial charge on any atom is 0.0422 e. The van der Waals surface area contributed by atoms with Gasteiger partial charge < -0.3 is 11.1 Å². The van der Waals surface area contributed by atoms with Gasteiger partial charge in [-0.2, -0.15) is 11.8 Å². The minimum Gasteiger partial charge on any atom is -0.398 e. The number of nitrogens with zero attached hydrogens (tertiary/aromatic N) is 1. The van der Waals surface area contributed by atoms with Gasteiger partial charge in [-0.3, -0.25) is 4.98 Å². The van der Waals surface area contributed by atoms with Gasteiger partial charge in [0.15, 0.2) is 0 Å². The Morgan fingerprint density at radius 2 is 2.28 bits per heavy atom. The van der Waals surface area contributed by atoms with Crippen LogP contribution in [0, 0.1) is 5.92 Å². The zero-order valence-corrected chi connectivity index (χ0v) is 11.0. The zero-order chi connectivity index (χ0) is 12.4. The van der Waals surface area contributed by atoms with E-state index in [4.69, 9.17) is 5.73 Å². The van der Waals surface area contributed by atoms with Crippen molar-refractivity contribution in [2.45, 2.75) is 6.42 Å². The number of nitrogens with one attached hydrogen (secondary N) is 1. The van der Waals surface area contributed by atoms with E-state index >= 15 is 0 Å². The lowest BCUT2D eigenvalue weighted by molar-refractivity contribution is 0.632. The first-order chi connectivity index (χ1) is 8.84. The van der Waals surface area contributed by atoms with Crippen LogP contribution < -0.4 is 11.1 Å². The minimum atomic E-state index is 0.792. The summed E-state index contributed by atoms with van der Waals surface area (Å²) in [5, 5.41) is 5.75. The van der Waals surface area contributed by atoms with E-state index in [1.165, 1.54) is 23.6 Å². The van der Waals surface area contributed by atoms with Crippen molar-refractivity contribution in [3.05, 3.63) is 30.6 Å². The third-order valence-corrected chi connectivity index (χ3v) is 4.69. The maximum absolute atomic E-state index is 5.97. The van der Waals surface area contributed by atoms with E-state index in [1.807, 2.05) is 24.5 Å². The lowest BCUT2D eigenvalue weighted by Gasteiger charge is -2.14. The smallest absolute Gasteiger partial charge is 0.0422 e. The Morgan fingerprint density at radius 1 is 1.33 bits per heavy atom. The van der Waals surface area contributed by atoms with Crippen molar-refractivity contribution in [2.75, 3.05) is 29.1 Å². The van der Waals surface area contributed by atoms with Crippen LogP contribution in [0.3, 0.4) is 0 Å². The molecule has 0 aliphatic carbocycles. The molecule has 3 rings (SSSR count). The highest BCUT2D eigenvalue weighted by Gasteiger charge is 2.15. The average molecular weight is 259 g/mol. The first kappa shape index (κ1) is 11.7. The normalized spacial score (nSPS) is 19.2. The van der Waals surface area contributed by atoms with E-state index in [1.54, 1.807) is 0 Å². The molecule has 0 bridgehead atoms. The number of anilines is 2. The van der Waals surface area contributed by atoms with Gasteiger partial charge in [0.25, 0.3) is 0 Å². The molecule has 1 aliphatic rings. The van der Waals surface area contributed by atoms with Crippen LogP contribution in [0.4, 0.5) is 11.4 Å². The standard InChI is InChI=1S/C14H17N3S/c15-13-1-2-14(11-3-5-16-8-12(11)13)17-7-10-4-6-18-9-10/h1-3,5,8,10,17H,4,6-7,9,15H2. The molecular weight excluding hydrogens is 242 g/mol. The highest BCUT2D eigenvalue weighted by Crippen LogP contribution is 2.29. The Balaban J connectivity index is 1.85. The molecule has 1 aliphatic heterocycles. The summed E-state index contributed by atoms with van der Waals surface area (Å²) in [4.78, 5) is 4.14. The molecule has 3 nitrogen and oxygen atoms in total. The zero-order valence-electron chi connectivity index (χ0n) is 10.2. The largest absolute Gasteiger partial charge is 0.398 e. The van der Waals surface area contributed by atoms with Crippen LogP contribution in [0.2, 0.25) is 0 Å². The molecule has 3 N–H and O–H groups in total. The summed E-state index contributed by atoms with van der Waals surface area (Å²) in [5.74, 6) is 3.38. The molecule has 0 saturated carbocycles. The van der Waals surface area contributed by atoms with Gasteiger partial charge in [0.05, 0.1) is 0 Å². The number of pyridine rings is 1. The minimum absolute atomic E-state index is 0.792. The molecule has 4 heteroatoms. The van der Waals surface area contributed by atoms with Gasteiger partial charge in [0.2, 0.25) is 0 Å². The number of hydrogen-bond donors (Lipinski definition) is 2. The Bertz CT molecular complexity index is 550. The topological polar surface area (TPSA) is 50.9 Å². The van der Waals surface area contributed by atoms with E-state index in [9.17, 15) is 0 Å². The number of rotatable bonds is 3. The van der Waals surface area contributed by atoms with E-state index < -0.39 is 0 Å². The van der Waals surface area contributed by atoms with E-state index in [2.05, 4.69) is 28.1 Å². The SMILES string of the molecule is Nc1ccc(NCC2CCSC2)c2ccncc12. The summed E-state index contributed by atoms with van der Waals surface area (Å²) in [6, 6.07) is 6.05. The molecular formula is C14H17N3S. The van der Waals surface area contributed by atoms with Gasteiger partial charge >= 0.3 is 0 Å². The van der Waals surface area contributed by atoms with Crippen molar-refractivity contribution in [1.29, 1.82) is 0 Å². The van der Waals surface area contributed by atoms with Crippen LogP contribution >= 0.6 is 11.8 Å². The average Bonchev–Trinajstić information content (AvgIpc) is 2.92. The van der Waals surface area contributed by atoms with Crippen LogP contribution in [0.25, 0.3) is 10.8 Å². The molecule has 1 unspecified atom stereocenters. The highest BCUT2D eigenvalue weighted by atomic mass is 32.2. The predicted molar refractivity (Wildman–Crippen MR) is 80.1 cm³/mol. The molecule has 94 valence electrons. The third kappa shape index (κ3) is 2.25. The third-order valence-electron chi connectivity index (χ3n) is 3.46. The molecule has 1 aromatic heterocycles. The second-order valence-corrected chi connectivity index (χ2v) is 5.88. The van der Waals surface area contributed by atoms with Gasteiger partial charge in [-0.25, -0.2) is 0 Å². The second kappa shape index (κ2) is 5.06. The lowest BCUT2D eigenvalue weighted by atomic mass is 10.1. The van der Waals surface area contributed by atoms with Crippen molar-refractivity contribution < 1.29 is 0 Å². The highest BCUT2D eigenvalue weighted by molar-refractivity contribution is 7.99. The number of aromatic nitrogens is 1. The summed E-state index contributed by atoms with van der Waals surface area (Å²) in [5.41, 5.74) is 7.93. The fourth-order valence-electron chi connectivity index (χ4n) is 2.36. The van der Waals surface area contributed by atoms with E-state index in [-0.39, 0.29) is 0 Å².